The fourth-order valence-electron chi connectivity index (χ4n) is 4.05. The summed E-state index contributed by atoms with van der Waals surface area (Å²) in [4.78, 5) is 25.3. The first-order chi connectivity index (χ1) is 16.6. The second-order valence-corrected chi connectivity index (χ2v) is 8.57. The first-order valence-corrected chi connectivity index (χ1v) is 11.5. The van der Waals surface area contributed by atoms with Gasteiger partial charge >= 0.3 is 0 Å². The zero-order chi connectivity index (χ0) is 23.9. The summed E-state index contributed by atoms with van der Waals surface area (Å²) in [6.45, 7) is 7.19. The van der Waals surface area contributed by atoms with Crippen LogP contribution in [0.5, 0.6) is 0 Å². The van der Waals surface area contributed by atoms with Crippen LogP contribution in [0.2, 0.25) is 0 Å². The van der Waals surface area contributed by atoms with Crippen molar-refractivity contribution in [1.29, 1.82) is 0 Å². The number of anilines is 3. The van der Waals surface area contributed by atoms with Crippen molar-refractivity contribution in [3.05, 3.63) is 59.0 Å². The number of piperazine rings is 1. The highest BCUT2D eigenvalue weighted by atomic mass is 16.1. The number of nitrogens with zero attached hydrogens (tertiary/aromatic N) is 6. The predicted molar refractivity (Wildman–Crippen MR) is 136 cm³/mol. The molecule has 2 aromatic heterocycles. The van der Waals surface area contributed by atoms with Gasteiger partial charge in [0.1, 0.15) is 17.9 Å². The molecule has 5 rings (SSSR count). The molecule has 9 nitrogen and oxygen atoms in total. The van der Waals surface area contributed by atoms with E-state index in [9.17, 15) is 0 Å². The Hall–Kier alpha value is -3.56. The molecular weight excluding hydrogens is 428 g/mol. The van der Waals surface area contributed by atoms with Crippen LogP contribution in [-0.4, -0.2) is 76.5 Å². The molecule has 1 saturated heterocycles. The SMILES string of the molecule is CC=O.CN1CCN(c2cc(Nc3n[nH]c4c3CN(C)C4)nc(/C=C/c3ccccc3)n2)CC1. The molecule has 0 spiro atoms. The molecule has 3 aromatic rings. The Kier molecular flexibility index (Phi) is 7.66. The summed E-state index contributed by atoms with van der Waals surface area (Å²) in [5, 5.41) is 11.1. The second kappa shape index (κ2) is 11.0. The molecule has 0 amide bonds. The summed E-state index contributed by atoms with van der Waals surface area (Å²) in [5.41, 5.74) is 3.50. The van der Waals surface area contributed by atoms with Crippen molar-refractivity contribution in [1.82, 2.24) is 30.0 Å². The molecule has 1 fully saturated rings. The lowest BCUT2D eigenvalue weighted by atomic mass is 10.2. The van der Waals surface area contributed by atoms with E-state index in [4.69, 9.17) is 14.8 Å². The maximum absolute atomic E-state index is 8.81. The minimum atomic E-state index is 0.687. The Labute approximate surface area is 200 Å². The smallest absolute Gasteiger partial charge is 0.158 e. The van der Waals surface area contributed by atoms with E-state index < -0.39 is 0 Å². The van der Waals surface area contributed by atoms with E-state index in [1.165, 1.54) is 18.2 Å². The van der Waals surface area contributed by atoms with E-state index in [-0.39, 0.29) is 0 Å². The number of hydrogen-bond donors (Lipinski definition) is 2. The Morgan fingerprint density at radius 1 is 0.971 bits per heavy atom. The molecule has 0 atom stereocenters. The monoisotopic (exact) mass is 460 g/mol. The van der Waals surface area contributed by atoms with Crippen molar-refractivity contribution in [3.63, 3.8) is 0 Å². The van der Waals surface area contributed by atoms with E-state index in [1.807, 2.05) is 36.4 Å². The number of nitrogens with one attached hydrogen (secondary N) is 2. The van der Waals surface area contributed by atoms with Gasteiger partial charge < -0.3 is 19.9 Å². The average Bonchev–Trinajstić information content (AvgIpc) is 3.39. The van der Waals surface area contributed by atoms with Crippen LogP contribution < -0.4 is 10.2 Å². The van der Waals surface area contributed by atoms with E-state index >= 15 is 0 Å². The summed E-state index contributed by atoms with van der Waals surface area (Å²) >= 11 is 0. The van der Waals surface area contributed by atoms with E-state index in [1.54, 1.807) is 0 Å². The summed E-state index contributed by atoms with van der Waals surface area (Å²) in [5.74, 6) is 3.25. The maximum Gasteiger partial charge on any atom is 0.158 e. The van der Waals surface area contributed by atoms with Gasteiger partial charge in [0.05, 0.1) is 5.69 Å². The number of carbonyl (C=O) groups excluding carboxylic acids is 1. The number of fused-ring (bicyclic) bond motifs is 1. The largest absolute Gasteiger partial charge is 0.354 e. The Bertz CT molecular complexity index is 1120. The molecule has 2 aliphatic heterocycles. The third kappa shape index (κ3) is 5.86. The molecule has 0 saturated carbocycles. The summed E-state index contributed by atoms with van der Waals surface area (Å²) in [7, 11) is 4.27. The van der Waals surface area contributed by atoms with Gasteiger partial charge in [-0.15, -0.1) is 0 Å². The standard InChI is InChI=1S/C23H28N8.C2H4O/c1-29-10-12-31(13-11-29)22-14-21(26-23-18-15-30(2)16-19(18)27-28-23)24-20(25-22)9-8-17-6-4-3-5-7-17;1-2-3/h3-9,14H,10-13,15-16H2,1-2H3,(H2,24,25,26,27,28);2H,1H3/b9-8+;. The van der Waals surface area contributed by atoms with Crippen LogP contribution in [0.3, 0.4) is 0 Å². The highest BCUT2D eigenvalue weighted by Crippen LogP contribution is 2.28. The fourth-order valence-corrected chi connectivity index (χ4v) is 4.05. The highest BCUT2D eigenvalue weighted by molar-refractivity contribution is 5.69. The second-order valence-electron chi connectivity index (χ2n) is 8.57. The number of aromatic amines is 1. The van der Waals surface area contributed by atoms with E-state index in [0.29, 0.717) is 5.82 Å². The zero-order valence-corrected chi connectivity index (χ0v) is 20.0. The molecule has 2 aliphatic rings. The minimum Gasteiger partial charge on any atom is -0.354 e. The van der Waals surface area contributed by atoms with Crippen LogP contribution in [0.4, 0.5) is 17.5 Å². The first kappa shape index (κ1) is 23.6. The van der Waals surface area contributed by atoms with E-state index in [0.717, 1.165) is 68.6 Å². The summed E-state index contributed by atoms with van der Waals surface area (Å²) < 4.78 is 0. The molecule has 1 aromatic carbocycles. The lowest BCUT2D eigenvalue weighted by Gasteiger charge is -2.33. The van der Waals surface area contributed by atoms with Gasteiger partial charge in [0.15, 0.2) is 11.6 Å². The Balaban J connectivity index is 0.000000868. The molecular formula is C25H32N8O. The van der Waals surface area contributed by atoms with Crippen molar-refractivity contribution in [2.45, 2.75) is 20.0 Å². The first-order valence-electron chi connectivity index (χ1n) is 11.5. The van der Waals surface area contributed by atoms with Crippen LogP contribution in [0, 0.1) is 0 Å². The zero-order valence-electron chi connectivity index (χ0n) is 20.0. The third-order valence-corrected chi connectivity index (χ3v) is 5.84. The molecule has 0 unspecified atom stereocenters. The molecule has 9 heteroatoms. The molecule has 0 radical (unpaired) electrons. The number of carbonyl (C=O) groups is 1. The maximum atomic E-state index is 8.81. The van der Waals surface area contributed by atoms with Gasteiger partial charge in [-0.05, 0) is 32.7 Å². The van der Waals surface area contributed by atoms with Crippen LogP contribution in [0.15, 0.2) is 36.4 Å². The number of hydrogen-bond acceptors (Lipinski definition) is 8. The Morgan fingerprint density at radius 3 is 2.44 bits per heavy atom. The quantitative estimate of drug-likeness (QED) is 0.562. The van der Waals surface area contributed by atoms with Crippen LogP contribution in [0.1, 0.15) is 29.6 Å². The van der Waals surface area contributed by atoms with Crippen molar-refractivity contribution in [2.75, 3.05) is 50.5 Å². The molecule has 2 N–H and O–H groups in total. The van der Waals surface area contributed by atoms with Crippen molar-refractivity contribution in [3.8, 4) is 0 Å². The third-order valence-electron chi connectivity index (χ3n) is 5.84. The van der Waals surface area contributed by atoms with Crippen LogP contribution in [0.25, 0.3) is 12.2 Å². The number of H-pyrrole nitrogens is 1. The fraction of sp³-hybridized carbons (Fsp3) is 0.360. The summed E-state index contributed by atoms with van der Waals surface area (Å²) in [6.07, 6.45) is 4.77. The van der Waals surface area contributed by atoms with Gasteiger partial charge in [0.2, 0.25) is 0 Å². The topological polar surface area (TPSA) is 93.3 Å². The highest BCUT2D eigenvalue weighted by Gasteiger charge is 2.23. The molecule has 0 aliphatic carbocycles. The normalized spacial score (nSPS) is 16.3. The summed E-state index contributed by atoms with van der Waals surface area (Å²) in [6, 6.07) is 12.3. The molecule has 178 valence electrons. The number of aromatic nitrogens is 4. The molecule has 34 heavy (non-hydrogen) atoms. The number of benzene rings is 1. The Morgan fingerprint density at radius 2 is 1.71 bits per heavy atom. The molecule has 0 bridgehead atoms. The van der Waals surface area contributed by atoms with Gasteiger partial charge in [-0.2, -0.15) is 5.10 Å². The molecule has 4 heterocycles. The van der Waals surface area contributed by atoms with Crippen LogP contribution in [-0.2, 0) is 17.9 Å². The lowest BCUT2D eigenvalue weighted by Crippen LogP contribution is -2.44. The van der Waals surface area contributed by atoms with Gasteiger partial charge in [0, 0.05) is 50.9 Å². The number of likely N-dealkylation sites (N-methyl/N-ethyl adjacent to an activating group) is 1. The minimum absolute atomic E-state index is 0.687. The van der Waals surface area contributed by atoms with Crippen molar-refractivity contribution >= 4 is 35.9 Å². The van der Waals surface area contributed by atoms with E-state index in [2.05, 4.69) is 56.4 Å². The predicted octanol–water partition coefficient (Wildman–Crippen LogP) is 3.02. The van der Waals surface area contributed by atoms with Crippen LogP contribution >= 0.6 is 0 Å². The van der Waals surface area contributed by atoms with Gasteiger partial charge in [-0.25, -0.2) is 9.97 Å². The van der Waals surface area contributed by atoms with Gasteiger partial charge in [-0.3, -0.25) is 10.00 Å². The number of aldehydes is 1. The van der Waals surface area contributed by atoms with Crippen molar-refractivity contribution < 1.29 is 4.79 Å². The van der Waals surface area contributed by atoms with Crippen molar-refractivity contribution in [2.24, 2.45) is 0 Å². The van der Waals surface area contributed by atoms with Gasteiger partial charge in [0.25, 0.3) is 0 Å². The van der Waals surface area contributed by atoms with Gasteiger partial charge in [-0.1, -0.05) is 36.4 Å². The average molecular weight is 461 g/mol. The number of rotatable bonds is 5. The lowest BCUT2D eigenvalue weighted by molar-refractivity contribution is -0.106.